The second kappa shape index (κ2) is 5.19. The van der Waals surface area contributed by atoms with E-state index in [1.807, 2.05) is 24.3 Å². The average Bonchev–Trinajstić information content (AvgIpc) is 3.07. The van der Waals surface area contributed by atoms with Crippen LogP contribution in [0, 0.1) is 0 Å². The van der Waals surface area contributed by atoms with Crippen LogP contribution in [0.25, 0.3) is 11.7 Å². The van der Waals surface area contributed by atoms with Gasteiger partial charge in [0.1, 0.15) is 0 Å². The first-order chi connectivity index (χ1) is 9.31. The van der Waals surface area contributed by atoms with E-state index in [0.29, 0.717) is 23.2 Å². The van der Waals surface area contributed by atoms with Gasteiger partial charge in [0.05, 0.1) is 12.0 Å². The summed E-state index contributed by atoms with van der Waals surface area (Å²) in [6.45, 7) is 0. The lowest BCUT2D eigenvalue weighted by Crippen LogP contribution is -1.86. The monoisotopic (exact) mass is 273 g/mol. The summed E-state index contributed by atoms with van der Waals surface area (Å²) in [7, 11) is 0. The predicted octanol–water partition coefficient (Wildman–Crippen LogP) is 3.20. The highest BCUT2D eigenvalue weighted by Crippen LogP contribution is 2.24. The summed E-state index contributed by atoms with van der Waals surface area (Å²) < 4.78 is 10.3. The minimum Gasteiger partial charge on any atom is -0.459 e. The number of hydrogen-bond acceptors (Lipinski definition) is 6. The van der Waals surface area contributed by atoms with E-state index in [-0.39, 0.29) is 0 Å². The van der Waals surface area contributed by atoms with Crippen molar-refractivity contribution in [2.24, 2.45) is 0 Å². The largest absolute Gasteiger partial charge is 0.459 e. The molecule has 3 aromatic rings. The van der Waals surface area contributed by atoms with Crippen molar-refractivity contribution >= 4 is 17.4 Å². The number of thioether (sulfide) groups is 1. The Morgan fingerprint density at radius 2 is 2.16 bits per heavy atom. The van der Waals surface area contributed by atoms with E-state index in [1.54, 1.807) is 30.2 Å². The van der Waals surface area contributed by atoms with Crippen LogP contribution in [0.2, 0.25) is 0 Å². The third-order valence-electron chi connectivity index (χ3n) is 2.43. The van der Waals surface area contributed by atoms with Crippen molar-refractivity contribution < 1.29 is 8.94 Å². The molecule has 0 aliphatic carbocycles. The first-order valence-electron chi connectivity index (χ1n) is 5.66. The van der Waals surface area contributed by atoms with Gasteiger partial charge < -0.3 is 14.7 Å². The minimum atomic E-state index is 0.396. The second-order valence-electron chi connectivity index (χ2n) is 3.85. The van der Waals surface area contributed by atoms with Gasteiger partial charge >= 0.3 is 0 Å². The van der Waals surface area contributed by atoms with Gasteiger partial charge in [-0.2, -0.15) is 4.98 Å². The number of benzene rings is 1. The fraction of sp³-hybridized carbons (Fsp3) is 0.0769. The van der Waals surface area contributed by atoms with Crippen LogP contribution in [0.5, 0.6) is 0 Å². The zero-order valence-corrected chi connectivity index (χ0v) is 10.8. The smallest absolute Gasteiger partial charge is 0.293 e. The number of furan rings is 1. The highest BCUT2D eigenvalue weighted by molar-refractivity contribution is 7.98. The van der Waals surface area contributed by atoms with Gasteiger partial charge in [-0.1, -0.05) is 11.2 Å². The maximum atomic E-state index is 5.72. The van der Waals surface area contributed by atoms with Gasteiger partial charge in [-0.15, -0.1) is 11.8 Å². The molecule has 0 bridgehead atoms. The highest BCUT2D eigenvalue weighted by atomic mass is 32.2. The number of hydrogen-bond donors (Lipinski definition) is 1. The van der Waals surface area contributed by atoms with Crippen LogP contribution < -0.4 is 5.73 Å². The van der Waals surface area contributed by atoms with Crippen molar-refractivity contribution in [2.45, 2.75) is 10.6 Å². The van der Waals surface area contributed by atoms with Crippen LogP contribution in [0.4, 0.5) is 5.69 Å². The zero-order valence-electron chi connectivity index (χ0n) is 9.95. The van der Waals surface area contributed by atoms with E-state index < -0.39 is 0 Å². The number of nitrogens with zero attached hydrogens (tertiary/aromatic N) is 2. The molecule has 96 valence electrons. The van der Waals surface area contributed by atoms with Gasteiger partial charge in [0.2, 0.25) is 0 Å². The summed E-state index contributed by atoms with van der Waals surface area (Å²) in [4.78, 5) is 5.34. The molecule has 6 heteroatoms. The molecule has 2 heterocycles. The Bertz CT molecular complexity index is 664. The Labute approximate surface area is 113 Å². The summed E-state index contributed by atoms with van der Waals surface area (Å²) in [6, 6.07) is 11.2. The van der Waals surface area contributed by atoms with E-state index in [1.165, 1.54) is 0 Å². The van der Waals surface area contributed by atoms with Gasteiger partial charge in [0.15, 0.2) is 11.6 Å². The molecule has 3 rings (SSSR count). The predicted molar refractivity (Wildman–Crippen MR) is 72.4 cm³/mol. The fourth-order valence-electron chi connectivity index (χ4n) is 1.57. The number of rotatable bonds is 4. The molecule has 0 saturated carbocycles. The lowest BCUT2D eigenvalue weighted by molar-refractivity contribution is 0.411. The topological polar surface area (TPSA) is 78.1 Å². The molecule has 0 aliphatic rings. The van der Waals surface area contributed by atoms with Crippen molar-refractivity contribution in [2.75, 3.05) is 5.73 Å². The van der Waals surface area contributed by atoms with Gasteiger partial charge in [-0.05, 0) is 30.3 Å². The Balaban J connectivity index is 1.68. The van der Waals surface area contributed by atoms with Gasteiger partial charge in [-0.25, -0.2) is 0 Å². The SMILES string of the molecule is Nc1cccc(SCc2noc(-c3ccco3)n2)c1. The number of anilines is 1. The molecule has 0 amide bonds. The van der Waals surface area contributed by atoms with Crippen LogP contribution in [-0.2, 0) is 5.75 Å². The van der Waals surface area contributed by atoms with E-state index >= 15 is 0 Å². The molecule has 0 saturated heterocycles. The van der Waals surface area contributed by atoms with E-state index in [9.17, 15) is 0 Å². The van der Waals surface area contributed by atoms with Gasteiger partial charge in [0, 0.05) is 10.6 Å². The summed E-state index contributed by atoms with van der Waals surface area (Å²) in [5.41, 5.74) is 6.47. The Morgan fingerprint density at radius 3 is 2.95 bits per heavy atom. The Morgan fingerprint density at radius 1 is 1.21 bits per heavy atom. The van der Waals surface area contributed by atoms with Gasteiger partial charge in [-0.3, -0.25) is 0 Å². The quantitative estimate of drug-likeness (QED) is 0.581. The van der Waals surface area contributed by atoms with Crippen LogP contribution in [0.15, 0.2) is 56.5 Å². The van der Waals surface area contributed by atoms with Crippen molar-refractivity contribution in [3.05, 3.63) is 48.5 Å². The Kier molecular flexibility index (Phi) is 3.24. The number of aromatic nitrogens is 2. The average molecular weight is 273 g/mol. The van der Waals surface area contributed by atoms with Crippen LogP contribution in [0.3, 0.4) is 0 Å². The molecule has 0 aliphatic heterocycles. The molecule has 5 nitrogen and oxygen atoms in total. The molecule has 0 atom stereocenters. The maximum absolute atomic E-state index is 5.72. The molecule has 1 aromatic carbocycles. The summed E-state index contributed by atoms with van der Waals surface area (Å²) >= 11 is 1.60. The Hall–Kier alpha value is -2.21. The van der Waals surface area contributed by atoms with E-state index in [4.69, 9.17) is 14.7 Å². The molecule has 19 heavy (non-hydrogen) atoms. The normalized spacial score (nSPS) is 10.7. The van der Waals surface area contributed by atoms with Crippen molar-refractivity contribution in [3.8, 4) is 11.7 Å². The van der Waals surface area contributed by atoms with Crippen LogP contribution in [0.1, 0.15) is 5.82 Å². The molecule has 0 fully saturated rings. The van der Waals surface area contributed by atoms with Crippen molar-refractivity contribution in [1.82, 2.24) is 10.1 Å². The van der Waals surface area contributed by atoms with Crippen LogP contribution >= 0.6 is 11.8 Å². The van der Waals surface area contributed by atoms with E-state index in [2.05, 4.69) is 10.1 Å². The molecule has 2 aromatic heterocycles. The molecule has 0 unspecified atom stereocenters. The molecule has 0 radical (unpaired) electrons. The third-order valence-corrected chi connectivity index (χ3v) is 3.42. The first-order valence-corrected chi connectivity index (χ1v) is 6.64. The molecular formula is C13H11N3O2S. The lowest BCUT2D eigenvalue weighted by atomic mass is 10.3. The van der Waals surface area contributed by atoms with Gasteiger partial charge in [0.25, 0.3) is 5.89 Å². The van der Waals surface area contributed by atoms with E-state index in [0.717, 1.165) is 10.6 Å². The van der Waals surface area contributed by atoms with Crippen molar-refractivity contribution in [3.63, 3.8) is 0 Å². The summed E-state index contributed by atoms with van der Waals surface area (Å²) in [5, 5.41) is 3.91. The zero-order chi connectivity index (χ0) is 13.1. The molecule has 2 N–H and O–H groups in total. The number of nitrogens with two attached hydrogens (primary N) is 1. The first kappa shape index (κ1) is 11.9. The van der Waals surface area contributed by atoms with Crippen molar-refractivity contribution in [1.29, 1.82) is 0 Å². The standard InChI is InChI=1S/C13H11N3O2S/c14-9-3-1-4-10(7-9)19-8-12-15-13(18-16-12)11-5-2-6-17-11/h1-7H,8,14H2. The molecular weight excluding hydrogens is 262 g/mol. The fourth-order valence-corrected chi connectivity index (χ4v) is 2.37. The maximum Gasteiger partial charge on any atom is 0.293 e. The number of nitrogen functional groups attached to an aromatic ring is 1. The third kappa shape index (κ3) is 2.79. The lowest BCUT2D eigenvalue weighted by Gasteiger charge is -1.99. The summed E-state index contributed by atoms with van der Waals surface area (Å²) in [6.07, 6.45) is 1.57. The van der Waals surface area contributed by atoms with Crippen LogP contribution in [-0.4, -0.2) is 10.1 Å². The summed E-state index contributed by atoms with van der Waals surface area (Å²) in [5.74, 6) is 2.22. The highest BCUT2D eigenvalue weighted by Gasteiger charge is 2.11. The minimum absolute atomic E-state index is 0.396. The molecule has 0 spiro atoms. The second-order valence-corrected chi connectivity index (χ2v) is 4.90.